The lowest BCUT2D eigenvalue weighted by Gasteiger charge is -2.35. The van der Waals surface area contributed by atoms with E-state index < -0.39 is 11.6 Å². The fourth-order valence-electron chi connectivity index (χ4n) is 2.16. The molecule has 0 saturated carbocycles. The highest BCUT2D eigenvalue weighted by Gasteiger charge is 2.25. The Kier molecular flexibility index (Phi) is 6.42. The second-order valence-electron chi connectivity index (χ2n) is 6.46. The molecule has 0 aliphatic carbocycles. The van der Waals surface area contributed by atoms with E-state index >= 15 is 0 Å². The summed E-state index contributed by atoms with van der Waals surface area (Å²) in [5, 5.41) is 8.66. The highest BCUT2D eigenvalue weighted by atomic mass is 16.6. The lowest BCUT2D eigenvalue weighted by atomic mass is 10.1. The van der Waals surface area contributed by atoms with E-state index in [2.05, 4.69) is 4.90 Å². The standard InChI is InChI=1S/C14H27N3O4/c1-14(2,3)21-13(20)17-8-6-16(7-9-17)5-4-11(15)10-12(18)19/h11H,4-10,15H2,1-3H3,(H,18,19). The van der Waals surface area contributed by atoms with Crippen LogP contribution in [0, 0.1) is 0 Å². The van der Waals surface area contributed by atoms with Crippen LogP contribution in [0.3, 0.4) is 0 Å². The first-order valence-electron chi connectivity index (χ1n) is 7.35. The molecule has 0 spiro atoms. The number of nitrogens with zero attached hydrogens (tertiary/aromatic N) is 2. The highest BCUT2D eigenvalue weighted by molar-refractivity contribution is 5.68. The van der Waals surface area contributed by atoms with Gasteiger partial charge in [0.15, 0.2) is 0 Å². The number of carboxylic acids is 1. The van der Waals surface area contributed by atoms with Crippen molar-refractivity contribution in [1.29, 1.82) is 0 Å². The summed E-state index contributed by atoms with van der Waals surface area (Å²) in [5.41, 5.74) is 5.27. The van der Waals surface area contributed by atoms with Gasteiger partial charge in [0.2, 0.25) is 0 Å². The van der Waals surface area contributed by atoms with Crippen molar-refractivity contribution < 1.29 is 19.4 Å². The molecule has 7 nitrogen and oxygen atoms in total. The van der Waals surface area contributed by atoms with Crippen molar-refractivity contribution in [3.05, 3.63) is 0 Å². The number of nitrogens with two attached hydrogens (primary N) is 1. The van der Waals surface area contributed by atoms with Gasteiger partial charge in [-0.05, 0) is 33.7 Å². The van der Waals surface area contributed by atoms with E-state index in [-0.39, 0.29) is 18.6 Å². The third kappa shape index (κ3) is 7.29. The van der Waals surface area contributed by atoms with Crippen LogP contribution in [0.25, 0.3) is 0 Å². The maximum absolute atomic E-state index is 11.9. The summed E-state index contributed by atoms with van der Waals surface area (Å²) in [7, 11) is 0. The molecule has 21 heavy (non-hydrogen) atoms. The van der Waals surface area contributed by atoms with Crippen LogP contribution in [0.15, 0.2) is 0 Å². The van der Waals surface area contributed by atoms with Crippen LogP contribution >= 0.6 is 0 Å². The van der Waals surface area contributed by atoms with Gasteiger partial charge in [-0.1, -0.05) is 0 Å². The van der Waals surface area contributed by atoms with Gasteiger partial charge in [-0.25, -0.2) is 4.79 Å². The molecule has 1 fully saturated rings. The number of piperazine rings is 1. The number of hydrogen-bond donors (Lipinski definition) is 2. The molecular weight excluding hydrogens is 274 g/mol. The van der Waals surface area contributed by atoms with E-state index in [4.69, 9.17) is 15.6 Å². The number of hydrogen-bond acceptors (Lipinski definition) is 5. The van der Waals surface area contributed by atoms with E-state index in [0.29, 0.717) is 19.5 Å². The van der Waals surface area contributed by atoms with Crippen molar-refractivity contribution in [3.8, 4) is 0 Å². The zero-order valence-electron chi connectivity index (χ0n) is 13.2. The monoisotopic (exact) mass is 301 g/mol. The minimum absolute atomic E-state index is 0.00211. The summed E-state index contributed by atoms with van der Waals surface area (Å²) < 4.78 is 5.34. The summed E-state index contributed by atoms with van der Waals surface area (Å²) in [6, 6.07) is -0.314. The number of ether oxygens (including phenoxy) is 1. The lowest BCUT2D eigenvalue weighted by molar-refractivity contribution is -0.137. The van der Waals surface area contributed by atoms with Crippen molar-refractivity contribution in [2.24, 2.45) is 5.73 Å². The van der Waals surface area contributed by atoms with Crippen LogP contribution in [0.4, 0.5) is 4.79 Å². The van der Waals surface area contributed by atoms with Gasteiger partial charge in [0.1, 0.15) is 5.60 Å². The molecule has 1 saturated heterocycles. The SMILES string of the molecule is CC(C)(C)OC(=O)N1CCN(CCC(N)CC(=O)O)CC1. The summed E-state index contributed by atoms with van der Waals surface area (Å²) in [4.78, 5) is 26.4. The number of aliphatic carboxylic acids is 1. The minimum atomic E-state index is -0.864. The molecule has 0 aromatic heterocycles. The van der Waals surface area contributed by atoms with E-state index in [1.807, 2.05) is 20.8 Å². The van der Waals surface area contributed by atoms with E-state index in [9.17, 15) is 9.59 Å². The Hall–Kier alpha value is -1.34. The second kappa shape index (κ2) is 7.61. The first kappa shape index (κ1) is 17.7. The molecule has 122 valence electrons. The fourth-order valence-corrected chi connectivity index (χ4v) is 2.16. The lowest BCUT2D eigenvalue weighted by Crippen LogP contribution is -2.50. The molecule has 1 aliphatic rings. The predicted molar refractivity (Wildman–Crippen MR) is 79.1 cm³/mol. The summed E-state index contributed by atoms with van der Waals surface area (Å²) in [6.07, 6.45) is 0.376. The normalized spacial score (nSPS) is 18.4. The first-order valence-corrected chi connectivity index (χ1v) is 7.35. The number of rotatable bonds is 5. The van der Waals surface area contributed by atoms with Crippen LogP contribution < -0.4 is 5.73 Å². The first-order chi connectivity index (χ1) is 9.67. The average Bonchev–Trinajstić information content (AvgIpc) is 2.34. The van der Waals surface area contributed by atoms with Gasteiger partial charge in [-0.15, -0.1) is 0 Å². The maximum atomic E-state index is 11.9. The molecule has 0 aromatic rings. The molecule has 7 heteroatoms. The third-order valence-electron chi connectivity index (χ3n) is 3.28. The summed E-state index contributed by atoms with van der Waals surface area (Å²) in [6.45, 7) is 9.10. The van der Waals surface area contributed by atoms with Crippen molar-refractivity contribution in [3.63, 3.8) is 0 Å². The van der Waals surface area contributed by atoms with Gasteiger partial charge in [0.25, 0.3) is 0 Å². The Morgan fingerprint density at radius 2 is 1.81 bits per heavy atom. The van der Waals surface area contributed by atoms with E-state index in [1.54, 1.807) is 4.90 Å². The largest absolute Gasteiger partial charge is 0.481 e. The van der Waals surface area contributed by atoms with Crippen molar-refractivity contribution >= 4 is 12.1 Å². The van der Waals surface area contributed by atoms with E-state index in [0.717, 1.165) is 19.6 Å². The van der Waals surface area contributed by atoms with Gasteiger partial charge in [-0.3, -0.25) is 9.69 Å². The molecule has 1 atom stereocenters. The Morgan fingerprint density at radius 1 is 1.24 bits per heavy atom. The van der Waals surface area contributed by atoms with Gasteiger partial charge in [-0.2, -0.15) is 0 Å². The molecule has 1 aliphatic heterocycles. The molecule has 0 bridgehead atoms. The quantitative estimate of drug-likeness (QED) is 0.777. The number of amides is 1. The van der Waals surface area contributed by atoms with Gasteiger partial charge < -0.3 is 20.5 Å². The molecule has 0 aromatic carbocycles. The number of carbonyl (C=O) groups is 2. The topological polar surface area (TPSA) is 96.1 Å². The van der Waals surface area contributed by atoms with Crippen LogP contribution in [0.5, 0.6) is 0 Å². The predicted octanol–water partition coefficient (Wildman–Crippen LogP) is 0.731. The molecule has 0 radical (unpaired) electrons. The molecular formula is C14H27N3O4. The third-order valence-corrected chi connectivity index (χ3v) is 3.28. The highest BCUT2D eigenvalue weighted by Crippen LogP contribution is 2.12. The van der Waals surface area contributed by atoms with Gasteiger partial charge in [0, 0.05) is 32.2 Å². The van der Waals surface area contributed by atoms with Crippen LogP contribution in [0.1, 0.15) is 33.6 Å². The number of carbonyl (C=O) groups excluding carboxylic acids is 1. The Balaban J connectivity index is 2.26. The molecule has 1 unspecified atom stereocenters. The summed E-state index contributed by atoms with van der Waals surface area (Å²) in [5.74, 6) is -0.864. The summed E-state index contributed by atoms with van der Waals surface area (Å²) >= 11 is 0. The van der Waals surface area contributed by atoms with Gasteiger partial charge >= 0.3 is 12.1 Å². The molecule has 1 rings (SSSR count). The van der Waals surface area contributed by atoms with Gasteiger partial charge in [0.05, 0.1) is 6.42 Å². The van der Waals surface area contributed by atoms with Crippen molar-refractivity contribution in [2.75, 3.05) is 32.7 Å². The van der Waals surface area contributed by atoms with Crippen molar-refractivity contribution in [1.82, 2.24) is 9.80 Å². The van der Waals surface area contributed by atoms with Crippen LogP contribution in [-0.4, -0.2) is 71.3 Å². The zero-order chi connectivity index (χ0) is 16.0. The number of carboxylic acid groups (broad SMARTS) is 1. The van der Waals surface area contributed by atoms with Crippen LogP contribution in [0.2, 0.25) is 0 Å². The Morgan fingerprint density at radius 3 is 2.29 bits per heavy atom. The molecule has 1 heterocycles. The zero-order valence-corrected chi connectivity index (χ0v) is 13.2. The Bertz CT molecular complexity index is 360. The van der Waals surface area contributed by atoms with Crippen molar-refractivity contribution in [2.45, 2.75) is 45.3 Å². The average molecular weight is 301 g/mol. The Labute approximate surface area is 126 Å². The fraction of sp³-hybridized carbons (Fsp3) is 0.857. The van der Waals surface area contributed by atoms with E-state index in [1.165, 1.54) is 0 Å². The second-order valence-corrected chi connectivity index (χ2v) is 6.46. The molecule has 1 amide bonds. The maximum Gasteiger partial charge on any atom is 0.410 e. The smallest absolute Gasteiger partial charge is 0.410 e. The van der Waals surface area contributed by atoms with Crippen LogP contribution in [-0.2, 0) is 9.53 Å². The minimum Gasteiger partial charge on any atom is -0.481 e. The molecule has 3 N–H and O–H groups in total.